The third kappa shape index (κ3) is 7.09. The topological polar surface area (TPSA) is 55.8 Å². The van der Waals surface area contributed by atoms with Gasteiger partial charge in [0.05, 0.1) is 61.8 Å². The molecule has 1 heterocycles. The predicted molar refractivity (Wildman–Crippen MR) is 158 cm³/mol. The number of fused-ring (bicyclic) bond motifs is 1. The number of quaternary nitrogens is 1. The highest BCUT2D eigenvalue weighted by Gasteiger charge is 2.41. The number of anilines is 1. The van der Waals surface area contributed by atoms with Gasteiger partial charge in [0.2, 0.25) is 0 Å². The van der Waals surface area contributed by atoms with Crippen LogP contribution in [0.3, 0.4) is 0 Å². The molecule has 3 aromatic carbocycles. The van der Waals surface area contributed by atoms with Crippen LogP contribution >= 0.6 is 35.0 Å². The number of methoxy groups -OCH3 is 1. The van der Waals surface area contributed by atoms with Crippen LogP contribution in [0.25, 0.3) is 0 Å². The van der Waals surface area contributed by atoms with Gasteiger partial charge in [0, 0.05) is 18.2 Å². The molecule has 0 saturated heterocycles. The minimum atomic E-state index is -0.978. The van der Waals surface area contributed by atoms with Gasteiger partial charge in [-0.05, 0) is 41.5 Å². The molecule has 1 amide bonds. The van der Waals surface area contributed by atoms with E-state index in [9.17, 15) is 9.59 Å². The molecule has 0 aromatic heterocycles. The first-order chi connectivity index (χ1) is 18.6. The number of hydrogen-bond donors (Lipinski definition) is 0. The summed E-state index contributed by atoms with van der Waals surface area (Å²) in [4.78, 5) is 29.0. The molecule has 4 rings (SSSR count). The first kappa shape index (κ1) is 29.3. The number of para-hydroxylation sites is 1. The maximum Gasteiger partial charge on any atom is 0.303 e. The Morgan fingerprint density at radius 1 is 1.00 bits per heavy atom. The van der Waals surface area contributed by atoms with Crippen molar-refractivity contribution >= 4 is 52.5 Å². The average molecular weight is 589 g/mol. The molecule has 2 atom stereocenters. The Balaban J connectivity index is 1.60. The van der Waals surface area contributed by atoms with Crippen molar-refractivity contribution in [1.82, 2.24) is 0 Å². The van der Waals surface area contributed by atoms with Gasteiger partial charge >= 0.3 is 5.97 Å². The monoisotopic (exact) mass is 587 g/mol. The fraction of sp³-hybridized carbons (Fsp3) is 0.333. The number of carbonyl (C=O) groups excluding carboxylic acids is 2. The Kier molecular flexibility index (Phi) is 9.49. The van der Waals surface area contributed by atoms with Crippen molar-refractivity contribution in [2.24, 2.45) is 0 Å². The van der Waals surface area contributed by atoms with E-state index in [1.54, 1.807) is 18.1 Å². The van der Waals surface area contributed by atoms with E-state index >= 15 is 0 Å². The number of halogens is 2. The summed E-state index contributed by atoms with van der Waals surface area (Å²) in [6.45, 7) is 3.29. The van der Waals surface area contributed by atoms with Gasteiger partial charge < -0.3 is 18.9 Å². The third-order valence-electron chi connectivity index (χ3n) is 6.88. The lowest BCUT2D eigenvalue weighted by molar-refractivity contribution is -0.888. The van der Waals surface area contributed by atoms with E-state index in [2.05, 4.69) is 14.1 Å². The molecule has 1 aliphatic rings. The van der Waals surface area contributed by atoms with Crippen LogP contribution in [0.5, 0.6) is 5.75 Å². The SMILES string of the molecule is COc1ccc([C@@H]2Sc3ccccc3N(CC[N+](C)(C)CCc3cccc(Cl)c3Cl)C(=O)[C@@H]2OC(C)=O)cc1. The zero-order chi connectivity index (χ0) is 28.2. The molecule has 3 aromatic rings. The van der Waals surface area contributed by atoms with E-state index in [0.717, 1.165) is 34.7 Å². The van der Waals surface area contributed by atoms with Crippen molar-refractivity contribution in [3.63, 3.8) is 0 Å². The molecule has 0 unspecified atom stereocenters. The molecule has 9 heteroatoms. The van der Waals surface area contributed by atoms with Crippen molar-refractivity contribution in [3.8, 4) is 5.75 Å². The Hall–Kier alpha value is -2.71. The highest BCUT2D eigenvalue weighted by Crippen LogP contribution is 2.47. The summed E-state index contributed by atoms with van der Waals surface area (Å²) in [5.74, 6) is -0.0111. The third-order valence-corrected chi connectivity index (χ3v) is 9.11. The fourth-order valence-electron chi connectivity index (χ4n) is 4.59. The Morgan fingerprint density at radius 3 is 2.41 bits per heavy atom. The number of amides is 1. The second-order valence-electron chi connectivity index (χ2n) is 10.1. The van der Waals surface area contributed by atoms with E-state index < -0.39 is 17.3 Å². The summed E-state index contributed by atoms with van der Waals surface area (Å²) in [5, 5.41) is 0.721. The lowest BCUT2D eigenvalue weighted by Gasteiger charge is -2.34. The van der Waals surface area contributed by atoms with Gasteiger partial charge in [0.15, 0.2) is 6.10 Å². The summed E-state index contributed by atoms with van der Waals surface area (Å²) >= 11 is 14.1. The van der Waals surface area contributed by atoms with Crippen LogP contribution in [0.1, 0.15) is 23.3 Å². The second kappa shape index (κ2) is 12.6. The number of hydrogen-bond acceptors (Lipinski definition) is 5. The second-order valence-corrected chi connectivity index (χ2v) is 12.1. The molecule has 1 aliphatic heterocycles. The molecule has 0 spiro atoms. The minimum Gasteiger partial charge on any atom is -0.497 e. The highest BCUT2D eigenvalue weighted by molar-refractivity contribution is 7.99. The summed E-state index contributed by atoms with van der Waals surface area (Å²) in [6, 6.07) is 21.1. The van der Waals surface area contributed by atoms with Gasteiger partial charge in [-0.2, -0.15) is 0 Å². The van der Waals surface area contributed by atoms with Crippen LogP contribution in [-0.4, -0.2) is 63.3 Å². The summed E-state index contributed by atoms with van der Waals surface area (Å²) in [5.41, 5.74) is 2.70. The van der Waals surface area contributed by atoms with E-state index in [1.807, 2.05) is 60.7 Å². The van der Waals surface area contributed by atoms with Crippen molar-refractivity contribution in [1.29, 1.82) is 0 Å². The molecule has 0 aliphatic carbocycles. The van der Waals surface area contributed by atoms with E-state index in [1.165, 1.54) is 18.7 Å². The molecule has 6 nitrogen and oxygen atoms in total. The Bertz CT molecular complexity index is 1330. The first-order valence-electron chi connectivity index (χ1n) is 12.7. The van der Waals surface area contributed by atoms with Gasteiger partial charge in [-0.15, -0.1) is 11.8 Å². The van der Waals surface area contributed by atoms with Crippen LogP contribution < -0.4 is 9.64 Å². The predicted octanol–water partition coefficient (Wildman–Crippen LogP) is 6.43. The maximum absolute atomic E-state index is 14.1. The molecule has 0 saturated carbocycles. The highest BCUT2D eigenvalue weighted by atomic mass is 35.5. The fourth-order valence-corrected chi connectivity index (χ4v) is 6.32. The summed E-state index contributed by atoms with van der Waals surface area (Å²) in [7, 11) is 5.87. The molecule has 0 N–H and O–H groups in total. The van der Waals surface area contributed by atoms with Gasteiger partial charge in [-0.1, -0.05) is 59.6 Å². The zero-order valence-electron chi connectivity index (χ0n) is 22.5. The zero-order valence-corrected chi connectivity index (χ0v) is 24.9. The van der Waals surface area contributed by atoms with Crippen LogP contribution in [0.4, 0.5) is 5.69 Å². The largest absolute Gasteiger partial charge is 0.497 e. The number of rotatable bonds is 9. The standard InChI is InChI=1S/C30H33Cl2N2O4S/c1-20(35)38-28-29(22-12-14-23(37-4)15-13-22)39-26-11-6-5-10-25(26)33(30(28)36)17-19-34(2,3)18-16-21-8-7-9-24(31)27(21)32/h5-15,28-29H,16-19H2,1-4H3/q+1/t28-,29+/m1/s1. The normalized spacial score (nSPS) is 17.4. The number of thioether (sulfide) groups is 1. The van der Waals surface area contributed by atoms with Crippen molar-refractivity contribution in [2.45, 2.75) is 29.6 Å². The number of carbonyl (C=O) groups is 2. The average Bonchev–Trinajstić information content (AvgIpc) is 3.02. The lowest BCUT2D eigenvalue weighted by Crippen LogP contribution is -2.50. The van der Waals surface area contributed by atoms with E-state index in [-0.39, 0.29) is 5.91 Å². The molecule has 0 fully saturated rings. The molecule has 39 heavy (non-hydrogen) atoms. The van der Waals surface area contributed by atoms with Crippen LogP contribution in [-0.2, 0) is 20.7 Å². The Morgan fingerprint density at radius 2 is 1.72 bits per heavy atom. The number of nitrogens with zero attached hydrogens (tertiary/aromatic N) is 2. The van der Waals surface area contributed by atoms with Crippen LogP contribution in [0, 0.1) is 0 Å². The number of ether oxygens (including phenoxy) is 2. The number of benzene rings is 3. The molecular formula is C30H33Cl2N2O4S+. The van der Waals surface area contributed by atoms with Crippen molar-refractivity contribution in [2.75, 3.05) is 45.7 Å². The summed E-state index contributed by atoms with van der Waals surface area (Å²) in [6.07, 6.45) is -0.225. The van der Waals surface area contributed by atoms with Crippen molar-refractivity contribution < 1.29 is 23.5 Å². The number of likely N-dealkylation sites (N-methyl/N-ethyl adjacent to an activating group) is 1. The smallest absolute Gasteiger partial charge is 0.303 e. The molecular weight excluding hydrogens is 555 g/mol. The van der Waals surface area contributed by atoms with Gasteiger partial charge in [0.25, 0.3) is 5.91 Å². The minimum absolute atomic E-state index is 0.235. The first-order valence-corrected chi connectivity index (χ1v) is 14.4. The Labute approximate surface area is 244 Å². The van der Waals surface area contributed by atoms with Gasteiger partial charge in [0.1, 0.15) is 5.75 Å². The van der Waals surface area contributed by atoms with Crippen LogP contribution in [0.2, 0.25) is 10.0 Å². The van der Waals surface area contributed by atoms with E-state index in [4.69, 9.17) is 32.7 Å². The molecule has 206 valence electrons. The van der Waals surface area contributed by atoms with Crippen molar-refractivity contribution in [3.05, 3.63) is 87.9 Å². The van der Waals surface area contributed by atoms with E-state index in [0.29, 0.717) is 33.4 Å². The number of esters is 1. The lowest BCUT2D eigenvalue weighted by atomic mass is 10.1. The summed E-state index contributed by atoms with van der Waals surface area (Å²) < 4.78 is 11.7. The molecule has 0 bridgehead atoms. The van der Waals surface area contributed by atoms with Crippen LogP contribution in [0.15, 0.2) is 71.6 Å². The molecule has 0 radical (unpaired) electrons. The van der Waals surface area contributed by atoms with Gasteiger partial charge in [-0.25, -0.2) is 0 Å². The maximum atomic E-state index is 14.1. The van der Waals surface area contributed by atoms with Gasteiger partial charge in [-0.3, -0.25) is 9.59 Å². The quantitative estimate of drug-likeness (QED) is 0.213.